The Balaban J connectivity index is 1.79. The van der Waals surface area contributed by atoms with E-state index < -0.39 is 12.5 Å². The van der Waals surface area contributed by atoms with Crippen molar-refractivity contribution in [3.8, 4) is 16.3 Å². The van der Waals surface area contributed by atoms with E-state index in [1.807, 2.05) is 6.07 Å². The molecule has 0 aliphatic heterocycles. The molecule has 1 heterocycles. The first-order valence-corrected chi connectivity index (χ1v) is 8.35. The van der Waals surface area contributed by atoms with Crippen molar-refractivity contribution in [3.63, 3.8) is 0 Å². The topological polar surface area (TPSA) is 51.2 Å². The smallest absolute Gasteiger partial charge is 0.387 e. The molecule has 0 atom stereocenters. The molecule has 4 nitrogen and oxygen atoms in total. The second kappa shape index (κ2) is 7.58. The Labute approximate surface area is 151 Å². The second-order valence-electron chi connectivity index (χ2n) is 4.88. The van der Waals surface area contributed by atoms with Crippen molar-refractivity contribution in [2.75, 3.05) is 5.32 Å². The molecule has 0 bridgehead atoms. The first-order chi connectivity index (χ1) is 12.0. The molecule has 0 spiro atoms. The molecule has 0 radical (unpaired) electrons. The monoisotopic (exact) mass is 380 g/mol. The number of hydrogen-bond acceptors (Lipinski definition) is 4. The maximum atomic E-state index is 12.4. The second-order valence-corrected chi connectivity index (χ2v) is 6.17. The maximum absolute atomic E-state index is 12.4. The van der Waals surface area contributed by atoms with Crippen molar-refractivity contribution in [2.45, 2.75) is 6.61 Å². The number of carbonyl (C=O) groups excluding carboxylic acids is 1. The van der Waals surface area contributed by atoms with Crippen LogP contribution in [0.2, 0.25) is 5.02 Å². The van der Waals surface area contributed by atoms with Crippen LogP contribution < -0.4 is 10.1 Å². The number of benzene rings is 2. The highest BCUT2D eigenvalue weighted by atomic mass is 35.5. The van der Waals surface area contributed by atoms with Crippen molar-refractivity contribution >= 4 is 34.5 Å². The average molecular weight is 381 g/mol. The molecule has 0 aliphatic rings. The summed E-state index contributed by atoms with van der Waals surface area (Å²) in [5.74, 6) is -0.633. The van der Waals surface area contributed by atoms with Gasteiger partial charge in [0.15, 0.2) is 0 Å². The van der Waals surface area contributed by atoms with Gasteiger partial charge in [-0.25, -0.2) is 4.98 Å². The van der Waals surface area contributed by atoms with E-state index in [0.29, 0.717) is 10.0 Å². The Morgan fingerprint density at radius 1 is 1.20 bits per heavy atom. The van der Waals surface area contributed by atoms with Gasteiger partial charge in [0.2, 0.25) is 0 Å². The molecule has 1 amide bonds. The minimum atomic E-state index is -2.98. The number of carbonyl (C=O) groups is 1. The number of alkyl halides is 2. The van der Waals surface area contributed by atoms with Crippen LogP contribution in [0.5, 0.6) is 5.75 Å². The van der Waals surface area contributed by atoms with E-state index >= 15 is 0 Å². The summed E-state index contributed by atoms with van der Waals surface area (Å²) in [6.07, 6.45) is 0. The van der Waals surface area contributed by atoms with Crippen molar-refractivity contribution in [2.24, 2.45) is 0 Å². The van der Waals surface area contributed by atoms with Crippen LogP contribution in [0, 0.1) is 0 Å². The molecular weight excluding hydrogens is 370 g/mol. The van der Waals surface area contributed by atoms with Crippen LogP contribution in [-0.4, -0.2) is 17.5 Å². The fourth-order valence-corrected chi connectivity index (χ4v) is 3.07. The van der Waals surface area contributed by atoms with Crippen LogP contribution in [0.1, 0.15) is 10.5 Å². The fraction of sp³-hybridized carbons (Fsp3) is 0.0588. The molecular formula is C17H11ClF2N2O2S. The maximum Gasteiger partial charge on any atom is 0.387 e. The molecule has 0 fully saturated rings. The van der Waals surface area contributed by atoms with Crippen LogP contribution in [-0.2, 0) is 0 Å². The molecule has 3 aromatic rings. The molecule has 0 saturated carbocycles. The van der Waals surface area contributed by atoms with Crippen LogP contribution in [0.3, 0.4) is 0 Å². The van der Waals surface area contributed by atoms with Gasteiger partial charge in [0, 0.05) is 16.0 Å². The van der Waals surface area contributed by atoms with E-state index in [1.165, 1.54) is 29.5 Å². The Morgan fingerprint density at radius 2 is 2.00 bits per heavy atom. The number of hydrogen-bond donors (Lipinski definition) is 1. The summed E-state index contributed by atoms with van der Waals surface area (Å²) in [7, 11) is 0. The largest absolute Gasteiger partial charge is 0.433 e. The quantitative estimate of drug-likeness (QED) is 0.652. The lowest BCUT2D eigenvalue weighted by Gasteiger charge is -2.10. The molecule has 8 heteroatoms. The zero-order chi connectivity index (χ0) is 17.8. The molecule has 0 aliphatic carbocycles. The lowest BCUT2D eigenvalue weighted by Crippen LogP contribution is -2.14. The lowest BCUT2D eigenvalue weighted by atomic mass is 10.2. The van der Waals surface area contributed by atoms with Gasteiger partial charge in [-0.05, 0) is 24.3 Å². The van der Waals surface area contributed by atoms with Gasteiger partial charge in [0.05, 0.1) is 5.69 Å². The highest BCUT2D eigenvalue weighted by Crippen LogP contribution is 2.28. The van der Waals surface area contributed by atoms with Gasteiger partial charge in [-0.15, -0.1) is 11.3 Å². The number of aromatic nitrogens is 1. The third-order valence-corrected chi connectivity index (χ3v) is 4.29. The number of ether oxygens (including phenoxy) is 1. The molecule has 2 aromatic carbocycles. The zero-order valence-electron chi connectivity index (χ0n) is 12.6. The number of nitrogens with zero attached hydrogens (tertiary/aromatic N) is 1. The number of para-hydroxylation sites is 2. The first kappa shape index (κ1) is 17.3. The summed E-state index contributed by atoms with van der Waals surface area (Å²) in [6, 6.07) is 13.1. The van der Waals surface area contributed by atoms with Crippen LogP contribution in [0.15, 0.2) is 53.9 Å². The molecule has 0 unspecified atom stereocenters. The SMILES string of the molecule is O=C(Nc1ccccc1OC(F)F)c1csc(-c2cccc(Cl)c2)n1. The van der Waals surface area contributed by atoms with Crippen molar-refractivity contribution < 1.29 is 18.3 Å². The number of rotatable bonds is 5. The Hall–Kier alpha value is -2.51. The number of anilines is 1. The normalized spacial score (nSPS) is 10.7. The van der Waals surface area contributed by atoms with E-state index in [0.717, 1.165) is 5.56 Å². The minimum Gasteiger partial charge on any atom is -0.433 e. The standard InChI is InChI=1S/C17H11ClF2N2O2S/c18-11-5-3-4-10(8-11)16-22-13(9-25-16)15(23)21-12-6-1-2-7-14(12)24-17(19)20/h1-9,17H,(H,21,23). The molecule has 0 saturated heterocycles. The number of amides is 1. The van der Waals surface area contributed by atoms with Crippen molar-refractivity contribution in [3.05, 3.63) is 64.6 Å². The predicted octanol–water partition coefficient (Wildman–Crippen LogP) is 5.32. The number of halogens is 3. The van der Waals surface area contributed by atoms with Gasteiger partial charge in [-0.1, -0.05) is 35.9 Å². The summed E-state index contributed by atoms with van der Waals surface area (Å²) < 4.78 is 29.2. The van der Waals surface area contributed by atoms with Gasteiger partial charge >= 0.3 is 6.61 Å². The number of nitrogens with one attached hydrogen (secondary N) is 1. The van der Waals surface area contributed by atoms with Crippen LogP contribution in [0.25, 0.3) is 10.6 Å². The van der Waals surface area contributed by atoms with E-state index in [-0.39, 0.29) is 17.1 Å². The van der Waals surface area contributed by atoms with Crippen molar-refractivity contribution in [1.29, 1.82) is 0 Å². The van der Waals surface area contributed by atoms with E-state index in [1.54, 1.807) is 29.6 Å². The van der Waals surface area contributed by atoms with E-state index in [2.05, 4.69) is 15.0 Å². The fourth-order valence-electron chi connectivity index (χ4n) is 2.09. The predicted molar refractivity (Wildman–Crippen MR) is 93.6 cm³/mol. The highest BCUT2D eigenvalue weighted by molar-refractivity contribution is 7.13. The summed E-state index contributed by atoms with van der Waals surface area (Å²) in [4.78, 5) is 16.6. The van der Waals surface area contributed by atoms with Crippen LogP contribution in [0.4, 0.5) is 14.5 Å². The summed E-state index contributed by atoms with van der Waals surface area (Å²) in [5, 5.41) is 5.31. The van der Waals surface area contributed by atoms with Gasteiger partial charge in [0.1, 0.15) is 16.5 Å². The third-order valence-electron chi connectivity index (χ3n) is 3.16. The van der Waals surface area contributed by atoms with Crippen LogP contribution >= 0.6 is 22.9 Å². The van der Waals surface area contributed by atoms with Gasteiger partial charge in [-0.3, -0.25) is 4.79 Å². The van der Waals surface area contributed by atoms with Gasteiger partial charge < -0.3 is 10.1 Å². The molecule has 25 heavy (non-hydrogen) atoms. The van der Waals surface area contributed by atoms with Gasteiger partial charge in [-0.2, -0.15) is 8.78 Å². The molecule has 1 N–H and O–H groups in total. The lowest BCUT2D eigenvalue weighted by molar-refractivity contribution is -0.0493. The highest BCUT2D eigenvalue weighted by Gasteiger charge is 2.15. The summed E-state index contributed by atoms with van der Waals surface area (Å²) in [6.45, 7) is -2.98. The van der Waals surface area contributed by atoms with Crippen molar-refractivity contribution in [1.82, 2.24) is 4.98 Å². The third kappa shape index (κ3) is 4.32. The molecule has 1 aromatic heterocycles. The molecule has 3 rings (SSSR count). The Kier molecular flexibility index (Phi) is 5.25. The van der Waals surface area contributed by atoms with E-state index in [9.17, 15) is 13.6 Å². The Bertz CT molecular complexity index is 902. The minimum absolute atomic E-state index is 0.115. The summed E-state index contributed by atoms with van der Waals surface area (Å²) >= 11 is 7.24. The first-order valence-electron chi connectivity index (χ1n) is 7.09. The zero-order valence-corrected chi connectivity index (χ0v) is 14.2. The van der Waals surface area contributed by atoms with Gasteiger partial charge in [0.25, 0.3) is 5.91 Å². The Morgan fingerprint density at radius 3 is 2.76 bits per heavy atom. The average Bonchev–Trinajstić information content (AvgIpc) is 3.06. The summed E-state index contributed by atoms with van der Waals surface area (Å²) in [5.41, 5.74) is 1.11. The molecule has 128 valence electrons. The number of thiazole rings is 1. The van der Waals surface area contributed by atoms with E-state index in [4.69, 9.17) is 11.6 Å².